The number of hydrogen-bond donors (Lipinski definition) is 2. The van der Waals surface area contributed by atoms with Gasteiger partial charge in [-0.1, -0.05) is 31.5 Å². The number of aromatic amines is 1. The lowest BCUT2D eigenvalue weighted by molar-refractivity contribution is 0.0950. The molecule has 0 saturated carbocycles. The number of aromatic nitrogens is 5. The molecule has 4 heterocycles. The van der Waals surface area contributed by atoms with E-state index in [1.807, 2.05) is 63.4 Å². The van der Waals surface area contributed by atoms with E-state index in [-0.39, 0.29) is 17.2 Å². The van der Waals surface area contributed by atoms with Crippen molar-refractivity contribution in [3.05, 3.63) is 88.1 Å². The second-order valence-corrected chi connectivity index (χ2v) is 8.21. The molecule has 9 heteroatoms. The molecule has 1 aromatic carbocycles. The number of benzene rings is 1. The number of amides is 1. The Morgan fingerprint density at radius 2 is 2.00 bits per heavy atom. The highest BCUT2D eigenvalue weighted by Gasteiger charge is 2.17. The zero-order valence-corrected chi connectivity index (χ0v) is 20.4. The maximum absolute atomic E-state index is 12.8. The highest BCUT2D eigenvalue weighted by Crippen LogP contribution is 2.20. The van der Waals surface area contributed by atoms with Crippen LogP contribution in [0.2, 0.25) is 5.02 Å². The summed E-state index contributed by atoms with van der Waals surface area (Å²) in [5.74, 6) is -0.363. The molecule has 1 amide bonds. The highest BCUT2D eigenvalue weighted by molar-refractivity contribution is 6.31. The Hall–Kier alpha value is -4.22. The number of carbonyl (C=O) groups excluding carboxylic acids is 1. The molecule has 0 aliphatic heterocycles. The van der Waals surface area contributed by atoms with Gasteiger partial charge in [-0.15, -0.1) is 0 Å². The number of aryl methyl sites for hydroxylation is 1. The van der Waals surface area contributed by atoms with Gasteiger partial charge in [-0.3, -0.25) is 14.5 Å². The summed E-state index contributed by atoms with van der Waals surface area (Å²) < 4.78 is 1.59. The second kappa shape index (κ2) is 10.4. The Kier molecular flexibility index (Phi) is 7.09. The molecule has 8 nitrogen and oxygen atoms in total. The fourth-order valence-electron chi connectivity index (χ4n) is 3.74. The van der Waals surface area contributed by atoms with Crippen LogP contribution in [0.1, 0.15) is 46.6 Å². The van der Waals surface area contributed by atoms with Gasteiger partial charge >= 0.3 is 0 Å². The molecule has 0 spiro atoms. The number of halogens is 1. The van der Waals surface area contributed by atoms with Gasteiger partial charge in [0.1, 0.15) is 11.7 Å². The predicted octanol–water partition coefficient (Wildman–Crippen LogP) is 5.15. The van der Waals surface area contributed by atoms with Gasteiger partial charge in [-0.25, -0.2) is 4.98 Å². The number of nitrogens with zero attached hydrogens (tertiary/aromatic N) is 5. The molecule has 0 radical (unpaired) electrons. The van der Waals surface area contributed by atoms with Gasteiger partial charge in [-0.05, 0) is 47.9 Å². The van der Waals surface area contributed by atoms with Crippen LogP contribution in [0.15, 0.2) is 55.1 Å². The van der Waals surface area contributed by atoms with Crippen molar-refractivity contribution in [3.63, 3.8) is 0 Å². The molecule has 0 aliphatic rings. The number of hydrogen-bond acceptors (Lipinski definition) is 5. The third-order valence-electron chi connectivity index (χ3n) is 5.42. The summed E-state index contributed by atoms with van der Waals surface area (Å²) in [4.78, 5) is 24.6. The van der Waals surface area contributed by atoms with Crippen molar-refractivity contribution < 1.29 is 4.79 Å². The van der Waals surface area contributed by atoms with E-state index in [0.29, 0.717) is 18.1 Å². The minimum Gasteiger partial charge on any atom is -0.348 e. The first-order valence-electron chi connectivity index (χ1n) is 11.2. The van der Waals surface area contributed by atoms with Gasteiger partial charge < -0.3 is 10.3 Å². The topological polar surface area (TPSA) is 112 Å². The van der Waals surface area contributed by atoms with Crippen molar-refractivity contribution in [1.82, 2.24) is 30.0 Å². The smallest absolute Gasteiger partial charge is 0.256 e. The molecule has 0 fully saturated rings. The molecule has 35 heavy (non-hydrogen) atoms. The van der Waals surface area contributed by atoms with Crippen molar-refractivity contribution in [2.75, 3.05) is 0 Å². The van der Waals surface area contributed by atoms with Crippen LogP contribution in [0.25, 0.3) is 21.9 Å². The maximum Gasteiger partial charge on any atom is 0.256 e. The minimum absolute atomic E-state index is 0.0769. The molecule has 0 aliphatic carbocycles. The summed E-state index contributed by atoms with van der Waals surface area (Å²) in [5.41, 5.74) is 4.86. The average Bonchev–Trinajstić information content (AvgIpc) is 3.46. The summed E-state index contributed by atoms with van der Waals surface area (Å²) in [7, 11) is 0. The number of carbonyl (C=O) groups is 1. The van der Waals surface area contributed by atoms with E-state index < -0.39 is 0 Å². The molecular weight excluding hydrogens is 462 g/mol. The molecule has 176 valence electrons. The minimum atomic E-state index is -0.363. The Morgan fingerprint density at radius 1 is 1.17 bits per heavy atom. The molecule has 2 N–H and O–H groups in total. The van der Waals surface area contributed by atoms with E-state index >= 15 is 0 Å². The average molecular weight is 486 g/mol. The zero-order valence-electron chi connectivity index (χ0n) is 19.6. The number of rotatable bonds is 5. The Labute approximate surface area is 207 Å². The fraction of sp³-hybridized carbons (Fsp3) is 0.192. The second-order valence-electron chi connectivity index (χ2n) is 7.78. The number of H-pyrrole nitrogens is 1. The van der Waals surface area contributed by atoms with E-state index in [4.69, 9.17) is 11.6 Å². The lowest BCUT2D eigenvalue weighted by Crippen LogP contribution is -2.23. The third kappa shape index (κ3) is 5.15. The van der Waals surface area contributed by atoms with Gasteiger partial charge in [0.25, 0.3) is 5.91 Å². The van der Waals surface area contributed by atoms with Crippen molar-refractivity contribution in [3.8, 4) is 6.07 Å². The van der Waals surface area contributed by atoms with E-state index in [0.717, 1.165) is 38.6 Å². The van der Waals surface area contributed by atoms with Crippen LogP contribution < -0.4 is 5.32 Å². The summed E-state index contributed by atoms with van der Waals surface area (Å²) in [5, 5.41) is 19.1. The summed E-state index contributed by atoms with van der Waals surface area (Å²) in [6.45, 7) is 6.69. The van der Waals surface area contributed by atoms with Crippen molar-refractivity contribution in [1.29, 1.82) is 5.26 Å². The summed E-state index contributed by atoms with van der Waals surface area (Å²) in [6, 6.07) is 11.6. The molecule has 0 unspecified atom stereocenters. The SMILES string of the molecule is CC.Cc1c[nH]c2ncc(CNC(=O)c3cn(Cc4ccc5ncc(Cl)cc5c4)nc3C#N)cc12. The van der Waals surface area contributed by atoms with Gasteiger partial charge in [0.05, 0.1) is 22.6 Å². The van der Waals surface area contributed by atoms with Crippen LogP contribution in [0, 0.1) is 18.3 Å². The predicted molar refractivity (Wildman–Crippen MR) is 136 cm³/mol. The van der Waals surface area contributed by atoms with Crippen LogP contribution in [-0.2, 0) is 13.1 Å². The van der Waals surface area contributed by atoms with Crippen molar-refractivity contribution >= 4 is 39.4 Å². The van der Waals surface area contributed by atoms with Gasteiger partial charge in [0.2, 0.25) is 0 Å². The zero-order chi connectivity index (χ0) is 24.9. The third-order valence-corrected chi connectivity index (χ3v) is 5.62. The Morgan fingerprint density at radius 3 is 2.80 bits per heavy atom. The molecule has 0 atom stereocenters. The van der Waals surface area contributed by atoms with Crippen LogP contribution in [-0.4, -0.2) is 30.6 Å². The standard InChI is InChI=1S/C24H18ClN7O.C2H6/c1-14-8-28-23-19(14)5-16(9-29-23)10-30-24(33)20-13-32(31-22(20)7-26)12-15-2-3-21-17(4-15)6-18(25)11-27-21;1-2/h2-6,8-9,11,13H,10,12H2,1H3,(H,28,29)(H,30,33);1-2H3. The monoisotopic (exact) mass is 485 g/mol. The molecule has 0 bridgehead atoms. The van der Waals surface area contributed by atoms with Crippen LogP contribution >= 0.6 is 11.6 Å². The van der Waals surface area contributed by atoms with Crippen molar-refractivity contribution in [2.24, 2.45) is 0 Å². The molecule has 4 aromatic heterocycles. The van der Waals surface area contributed by atoms with E-state index in [1.54, 1.807) is 23.3 Å². The van der Waals surface area contributed by atoms with E-state index in [1.165, 1.54) is 0 Å². The number of fused-ring (bicyclic) bond motifs is 2. The van der Waals surface area contributed by atoms with E-state index in [2.05, 4.69) is 25.4 Å². The van der Waals surface area contributed by atoms with Gasteiger partial charge in [0, 0.05) is 42.1 Å². The van der Waals surface area contributed by atoms with Crippen molar-refractivity contribution in [2.45, 2.75) is 33.9 Å². The molecule has 5 aromatic rings. The van der Waals surface area contributed by atoms with E-state index in [9.17, 15) is 10.1 Å². The molecular formula is C26H24ClN7O. The maximum atomic E-state index is 12.8. The summed E-state index contributed by atoms with van der Waals surface area (Å²) >= 11 is 6.05. The van der Waals surface area contributed by atoms with Crippen LogP contribution in [0.5, 0.6) is 0 Å². The normalized spacial score (nSPS) is 10.6. The summed E-state index contributed by atoms with van der Waals surface area (Å²) in [6.07, 6.45) is 6.81. The molecule has 5 rings (SSSR count). The van der Waals surface area contributed by atoms with Gasteiger partial charge in [0.15, 0.2) is 5.69 Å². The first-order chi connectivity index (χ1) is 17.0. The lowest BCUT2D eigenvalue weighted by atomic mass is 10.1. The van der Waals surface area contributed by atoms with Crippen LogP contribution in [0.3, 0.4) is 0 Å². The quantitative estimate of drug-likeness (QED) is 0.357. The first kappa shape index (κ1) is 23.9. The number of nitrogens with one attached hydrogen (secondary N) is 2. The van der Waals surface area contributed by atoms with Crippen LogP contribution in [0.4, 0.5) is 0 Å². The number of nitriles is 1. The number of pyridine rings is 2. The van der Waals surface area contributed by atoms with Gasteiger partial charge in [-0.2, -0.15) is 10.4 Å². The molecule has 0 saturated heterocycles. The Bertz CT molecular complexity index is 1560. The largest absolute Gasteiger partial charge is 0.348 e. The lowest BCUT2D eigenvalue weighted by Gasteiger charge is -2.05. The Balaban J connectivity index is 0.00000141. The fourth-order valence-corrected chi connectivity index (χ4v) is 3.91. The first-order valence-corrected chi connectivity index (χ1v) is 11.6. The highest BCUT2D eigenvalue weighted by atomic mass is 35.5.